The van der Waals surface area contributed by atoms with Gasteiger partial charge in [-0.1, -0.05) is 0 Å². The quantitative estimate of drug-likeness (QED) is 0.626. The van der Waals surface area contributed by atoms with Crippen LogP contribution in [0.25, 0.3) is 0 Å². The molecule has 0 bridgehead atoms. The molecule has 1 heterocycles. The molecule has 0 aliphatic rings. The molecule has 0 N–H and O–H groups in total. The predicted octanol–water partition coefficient (Wildman–Crippen LogP) is 3.53. The molecule has 2 nitrogen and oxygen atoms in total. The van der Waals surface area contributed by atoms with Gasteiger partial charge >= 0.3 is 0 Å². The lowest BCUT2D eigenvalue weighted by Crippen LogP contribution is -1.98. The Kier molecular flexibility index (Phi) is 4.07. The van der Waals surface area contributed by atoms with Gasteiger partial charge < -0.3 is 4.74 Å². The number of alkyl halides is 3. The number of hydrogen-bond donors (Lipinski definition) is 0. The van der Waals surface area contributed by atoms with E-state index in [-0.39, 0.29) is 21.8 Å². The third-order valence-corrected chi connectivity index (χ3v) is 2.40. The highest BCUT2D eigenvalue weighted by Gasteiger charge is 2.18. The van der Waals surface area contributed by atoms with Gasteiger partial charge in [0.05, 0.1) is 24.2 Å². The van der Waals surface area contributed by atoms with Crippen molar-refractivity contribution in [3.63, 3.8) is 0 Å². The Bertz CT molecular complexity index is 335. The standard InChI is InChI=1S/C8H7BrClF2NO/c1-14-6-5(8(11)12)2-4(3-10)13-7(6)9/h2,8H,3H2,1H3. The molecule has 0 unspecified atom stereocenters. The minimum atomic E-state index is -2.61. The number of hydrogen-bond acceptors (Lipinski definition) is 2. The maximum Gasteiger partial charge on any atom is 0.267 e. The van der Waals surface area contributed by atoms with Crippen molar-refractivity contribution in [2.24, 2.45) is 0 Å². The van der Waals surface area contributed by atoms with Gasteiger partial charge in [-0.2, -0.15) is 0 Å². The second kappa shape index (κ2) is 4.89. The average Bonchev–Trinajstić information content (AvgIpc) is 2.16. The summed E-state index contributed by atoms with van der Waals surface area (Å²) in [6, 6.07) is 1.24. The molecule has 0 radical (unpaired) electrons. The zero-order chi connectivity index (χ0) is 10.7. The molecule has 0 atom stereocenters. The van der Waals surface area contributed by atoms with Crippen LogP contribution in [0.3, 0.4) is 0 Å². The van der Waals surface area contributed by atoms with Crippen LogP contribution in [0.1, 0.15) is 17.7 Å². The van der Waals surface area contributed by atoms with Gasteiger partial charge in [-0.3, -0.25) is 0 Å². The van der Waals surface area contributed by atoms with Crippen LogP contribution in [-0.2, 0) is 5.88 Å². The smallest absolute Gasteiger partial charge is 0.267 e. The Balaban J connectivity index is 3.28. The Hall–Kier alpha value is -0.420. The van der Waals surface area contributed by atoms with Gasteiger partial charge in [-0.25, -0.2) is 13.8 Å². The second-order valence-electron chi connectivity index (χ2n) is 2.46. The van der Waals surface area contributed by atoms with Gasteiger partial charge in [0.15, 0.2) is 5.75 Å². The molecular weight excluding hydrogens is 279 g/mol. The molecule has 14 heavy (non-hydrogen) atoms. The third kappa shape index (κ3) is 2.33. The fourth-order valence-electron chi connectivity index (χ4n) is 1.01. The summed E-state index contributed by atoms with van der Waals surface area (Å²) in [7, 11) is 1.31. The molecule has 0 saturated carbocycles. The minimum Gasteiger partial charge on any atom is -0.493 e. The van der Waals surface area contributed by atoms with E-state index in [1.54, 1.807) is 0 Å². The van der Waals surface area contributed by atoms with Crippen LogP contribution in [0.5, 0.6) is 5.75 Å². The molecule has 6 heteroatoms. The van der Waals surface area contributed by atoms with Crippen molar-refractivity contribution >= 4 is 27.5 Å². The summed E-state index contributed by atoms with van der Waals surface area (Å²) >= 11 is 8.54. The van der Waals surface area contributed by atoms with E-state index in [0.29, 0.717) is 5.69 Å². The molecule has 78 valence electrons. The molecule has 0 aliphatic heterocycles. The molecule has 0 aliphatic carbocycles. The fourth-order valence-corrected chi connectivity index (χ4v) is 1.76. The Labute approximate surface area is 93.4 Å². The van der Waals surface area contributed by atoms with E-state index in [2.05, 4.69) is 20.9 Å². The van der Waals surface area contributed by atoms with E-state index in [0.717, 1.165) is 0 Å². The fraction of sp³-hybridized carbons (Fsp3) is 0.375. The summed E-state index contributed by atoms with van der Waals surface area (Å²) in [5.74, 6) is 0.136. The Morgan fingerprint density at radius 1 is 1.64 bits per heavy atom. The van der Waals surface area contributed by atoms with Crippen molar-refractivity contribution in [3.05, 3.63) is 21.9 Å². The number of methoxy groups -OCH3 is 1. The van der Waals surface area contributed by atoms with Gasteiger partial charge in [-0.15, -0.1) is 11.6 Å². The van der Waals surface area contributed by atoms with E-state index < -0.39 is 6.43 Å². The van der Waals surface area contributed by atoms with Crippen molar-refractivity contribution in [2.45, 2.75) is 12.3 Å². The first-order chi connectivity index (χ1) is 6.60. The normalized spacial score (nSPS) is 10.7. The maximum atomic E-state index is 12.5. The second-order valence-corrected chi connectivity index (χ2v) is 3.48. The van der Waals surface area contributed by atoms with Crippen molar-refractivity contribution in [2.75, 3.05) is 7.11 Å². The van der Waals surface area contributed by atoms with Gasteiger partial charge in [0.1, 0.15) is 4.60 Å². The summed E-state index contributed by atoms with van der Waals surface area (Å²) in [4.78, 5) is 3.93. The first-order valence-electron chi connectivity index (χ1n) is 3.67. The number of ether oxygens (including phenoxy) is 1. The van der Waals surface area contributed by atoms with E-state index >= 15 is 0 Å². The Morgan fingerprint density at radius 3 is 2.71 bits per heavy atom. The van der Waals surface area contributed by atoms with Crippen LogP contribution < -0.4 is 4.74 Å². The topological polar surface area (TPSA) is 22.1 Å². The summed E-state index contributed by atoms with van der Waals surface area (Å²) in [5.41, 5.74) is 0.180. The Morgan fingerprint density at radius 2 is 2.29 bits per heavy atom. The molecule has 1 rings (SSSR count). The molecule has 0 fully saturated rings. The van der Waals surface area contributed by atoms with Crippen molar-refractivity contribution in [1.29, 1.82) is 0 Å². The van der Waals surface area contributed by atoms with Crippen molar-refractivity contribution in [1.82, 2.24) is 4.98 Å². The minimum absolute atomic E-state index is 0.0499. The molecule has 0 aromatic carbocycles. The lowest BCUT2D eigenvalue weighted by molar-refractivity contribution is 0.146. The van der Waals surface area contributed by atoms with Crippen LogP contribution in [-0.4, -0.2) is 12.1 Å². The van der Waals surface area contributed by atoms with Crippen LogP contribution in [0.2, 0.25) is 0 Å². The number of nitrogens with zero attached hydrogens (tertiary/aromatic N) is 1. The largest absolute Gasteiger partial charge is 0.493 e. The highest BCUT2D eigenvalue weighted by atomic mass is 79.9. The van der Waals surface area contributed by atoms with Gasteiger partial charge in [0.25, 0.3) is 6.43 Å². The van der Waals surface area contributed by atoms with Crippen LogP contribution in [0.4, 0.5) is 8.78 Å². The average molecular weight is 287 g/mol. The number of pyridine rings is 1. The van der Waals surface area contributed by atoms with Crippen LogP contribution in [0, 0.1) is 0 Å². The first-order valence-corrected chi connectivity index (χ1v) is 5.00. The van der Waals surface area contributed by atoms with Crippen LogP contribution >= 0.6 is 27.5 Å². The molecular formula is C8H7BrClF2NO. The highest BCUT2D eigenvalue weighted by molar-refractivity contribution is 9.10. The first kappa shape index (κ1) is 11.7. The molecule has 0 saturated heterocycles. The summed E-state index contributed by atoms with van der Waals surface area (Å²) in [6.45, 7) is 0. The number of rotatable bonds is 3. The van der Waals surface area contributed by atoms with Crippen LogP contribution in [0.15, 0.2) is 10.7 Å². The van der Waals surface area contributed by atoms with E-state index in [1.165, 1.54) is 13.2 Å². The molecule has 1 aromatic rings. The van der Waals surface area contributed by atoms with Gasteiger partial charge in [-0.05, 0) is 22.0 Å². The predicted molar refractivity (Wildman–Crippen MR) is 53.0 cm³/mol. The van der Waals surface area contributed by atoms with Crippen molar-refractivity contribution in [3.8, 4) is 5.75 Å². The van der Waals surface area contributed by atoms with E-state index in [9.17, 15) is 8.78 Å². The van der Waals surface area contributed by atoms with E-state index in [1.807, 2.05) is 0 Å². The zero-order valence-electron chi connectivity index (χ0n) is 7.23. The number of aromatic nitrogens is 1. The van der Waals surface area contributed by atoms with E-state index in [4.69, 9.17) is 16.3 Å². The van der Waals surface area contributed by atoms with Gasteiger partial charge in [0.2, 0.25) is 0 Å². The zero-order valence-corrected chi connectivity index (χ0v) is 9.57. The molecule has 1 aromatic heterocycles. The maximum absolute atomic E-state index is 12.5. The monoisotopic (exact) mass is 285 g/mol. The SMILES string of the molecule is COc1c(C(F)F)cc(CCl)nc1Br. The van der Waals surface area contributed by atoms with Gasteiger partial charge in [0, 0.05) is 0 Å². The molecule has 0 spiro atoms. The number of halogens is 4. The van der Waals surface area contributed by atoms with Crippen molar-refractivity contribution < 1.29 is 13.5 Å². The molecule has 0 amide bonds. The summed E-state index contributed by atoms with van der Waals surface area (Å²) in [5, 5.41) is 0. The highest BCUT2D eigenvalue weighted by Crippen LogP contribution is 2.34. The third-order valence-electron chi connectivity index (χ3n) is 1.59. The summed E-state index contributed by atoms with van der Waals surface area (Å²) in [6.07, 6.45) is -2.61. The lowest BCUT2D eigenvalue weighted by Gasteiger charge is -2.10. The lowest BCUT2D eigenvalue weighted by atomic mass is 10.2. The summed E-state index contributed by atoms with van der Waals surface area (Å²) < 4.78 is 30.1.